The molecule has 2 aromatic rings. The lowest BCUT2D eigenvalue weighted by molar-refractivity contribution is -0.138. The van der Waals surface area contributed by atoms with Gasteiger partial charge >= 0.3 is 12.0 Å². The van der Waals surface area contributed by atoms with Crippen LogP contribution >= 0.6 is 23.2 Å². The molecule has 1 unspecified atom stereocenters. The van der Waals surface area contributed by atoms with Crippen molar-refractivity contribution in [3.63, 3.8) is 0 Å². The predicted molar refractivity (Wildman–Crippen MR) is 107 cm³/mol. The Kier molecular flexibility index (Phi) is 6.11. The molecule has 2 aromatic carbocycles. The first-order chi connectivity index (χ1) is 13.5. The number of methoxy groups -OCH3 is 1. The van der Waals surface area contributed by atoms with Crippen molar-refractivity contribution in [3.05, 3.63) is 69.2 Å². The van der Waals surface area contributed by atoms with Gasteiger partial charge in [0.2, 0.25) is 0 Å². The maximum absolute atomic E-state index is 12.9. The molecule has 146 valence electrons. The molecular formula is C20H18Cl2N2O4. The second-order valence-corrected chi connectivity index (χ2v) is 6.76. The molecule has 1 aliphatic heterocycles. The first kappa shape index (κ1) is 20.0. The molecule has 1 heterocycles. The van der Waals surface area contributed by atoms with Crippen LogP contribution in [0.1, 0.15) is 24.1 Å². The smallest absolute Gasteiger partial charge is 0.338 e. The molecule has 0 saturated heterocycles. The van der Waals surface area contributed by atoms with Crippen LogP contribution in [0.25, 0.3) is 5.70 Å². The van der Waals surface area contributed by atoms with Gasteiger partial charge in [-0.3, -0.25) is 0 Å². The molecule has 28 heavy (non-hydrogen) atoms. The van der Waals surface area contributed by atoms with Crippen molar-refractivity contribution in [1.82, 2.24) is 10.6 Å². The minimum absolute atomic E-state index is 0.179. The molecule has 2 amide bonds. The van der Waals surface area contributed by atoms with E-state index in [1.165, 1.54) is 13.2 Å². The number of benzene rings is 2. The summed E-state index contributed by atoms with van der Waals surface area (Å²) in [6.45, 7) is 1.89. The molecule has 0 aromatic heterocycles. The minimum atomic E-state index is -0.867. The zero-order valence-electron chi connectivity index (χ0n) is 15.2. The number of ether oxygens (including phenoxy) is 2. The number of nitrogens with one attached hydrogen (secondary N) is 2. The van der Waals surface area contributed by atoms with Gasteiger partial charge in [0.1, 0.15) is 5.75 Å². The van der Waals surface area contributed by atoms with Crippen molar-refractivity contribution in [3.8, 4) is 5.75 Å². The molecule has 0 fully saturated rings. The van der Waals surface area contributed by atoms with E-state index in [-0.39, 0.29) is 17.2 Å². The molecule has 0 bridgehead atoms. The maximum atomic E-state index is 12.9. The standard InChI is InChI=1S/C20H18Cl2N2O4/c1-3-28-19(25)15-16(11-7-5-4-6-8-11)23-20(26)24-17(15)13-9-12(21)10-14(22)18(13)27-2/h4-10,17H,3H2,1-2H3,(H2,23,24,26). The van der Waals surface area contributed by atoms with Crippen LogP contribution in [0.4, 0.5) is 4.79 Å². The van der Waals surface area contributed by atoms with E-state index >= 15 is 0 Å². The average molecular weight is 421 g/mol. The average Bonchev–Trinajstić information content (AvgIpc) is 2.67. The molecule has 6 nitrogen and oxygen atoms in total. The Hall–Kier alpha value is -2.70. The zero-order valence-corrected chi connectivity index (χ0v) is 16.7. The van der Waals surface area contributed by atoms with Crippen molar-refractivity contribution in [2.45, 2.75) is 13.0 Å². The highest BCUT2D eigenvalue weighted by Crippen LogP contribution is 2.41. The summed E-state index contributed by atoms with van der Waals surface area (Å²) < 4.78 is 10.7. The number of hydrogen-bond acceptors (Lipinski definition) is 4. The van der Waals surface area contributed by atoms with Crippen molar-refractivity contribution in [2.75, 3.05) is 13.7 Å². The van der Waals surface area contributed by atoms with Crippen LogP contribution in [0.15, 0.2) is 48.0 Å². The van der Waals surface area contributed by atoms with E-state index in [4.69, 9.17) is 32.7 Å². The molecule has 0 radical (unpaired) electrons. The van der Waals surface area contributed by atoms with E-state index in [1.807, 2.05) is 18.2 Å². The molecule has 0 saturated carbocycles. The molecule has 2 N–H and O–H groups in total. The number of amides is 2. The van der Waals surface area contributed by atoms with Gasteiger partial charge in [0, 0.05) is 10.6 Å². The first-order valence-electron chi connectivity index (χ1n) is 8.53. The first-order valence-corrected chi connectivity index (χ1v) is 9.29. The topological polar surface area (TPSA) is 76.7 Å². The van der Waals surface area contributed by atoms with Crippen LogP contribution in [-0.2, 0) is 9.53 Å². The Morgan fingerprint density at radius 3 is 2.54 bits per heavy atom. The number of carbonyl (C=O) groups excluding carboxylic acids is 2. The van der Waals surface area contributed by atoms with Crippen LogP contribution in [-0.4, -0.2) is 25.7 Å². The number of halogens is 2. The molecule has 0 spiro atoms. The van der Waals surface area contributed by atoms with Crippen molar-refractivity contribution < 1.29 is 19.1 Å². The van der Waals surface area contributed by atoms with Gasteiger partial charge < -0.3 is 20.1 Å². The van der Waals surface area contributed by atoms with Gasteiger partial charge in [-0.2, -0.15) is 0 Å². The van der Waals surface area contributed by atoms with Gasteiger partial charge in [0.05, 0.1) is 36.1 Å². The summed E-state index contributed by atoms with van der Waals surface area (Å²) in [4.78, 5) is 25.3. The number of hydrogen-bond donors (Lipinski definition) is 2. The SMILES string of the molecule is CCOC(=O)C1=C(c2ccccc2)NC(=O)NC1c1cc(Cl)cc(Cl)c1OC. The van der Waals surface area contributed by atoms with Gasteiger partial charge in [0.15, 0.2) is 0 Å². The number of urea groups is 1. The van der Waals surface area contributed by atoms with Crippen LogP contribution in [0.2, 0.25) is 10.0 Å². The molecular weight excluding hydrogens is 403 g/mol. The van der Waals surface area contributed by atoms with E-state index < -0.39 is 18.0 Å². The quantitative estimate of drug-likeness (QED) is 0.705. The Bertz CT molecular complexity index is 945. The minimum Gasteiger partial charge on any atom is -0.495 e. The van der Waals surface area contributed by atoms with Crippen molar-refractivity contribution in [1.29, 1.82) is 0 Å². The second-order valence-electron chi connectivity index (χ2n) is 5.92. The van der Waals surface area contributed by atoms with Crippen LogP contribution in [0, 0.1) is 0 Å². The van der Waals surface area contributed by atoms with Crippen molar-refractivity contribution in [2.24, 2.45) is 0 Å². The lowest BCUT2D eigenvalue weighted by Crippen LogP contribution is -2.45. The van der Waals surface area contributed by atoms with E-state index in [1.54, 1.807) is 25.1 Å². The lowest BCUT2D eigenvalue weighted by atomic mass is 9.92. The fourth-order valence-electron chi connectivity index (χ4n) is 3.07. The van der Waals surface area contributed by atoms with Crippen LogP contribution in [0.5, 0.6) is 5.75 Å². The fourth-order valence-corrected chi connectivity index (χ4v) is 3.66. The Balaban J connectivity index is 2.27. The second kappa shape index (κ2) is 8.54. The summed E-state index contributed by atoms with van der Waals surface area (Å²) in [5, 5.41) is 6.07. The van der Waals surface area contributed by atoms with Gasteiger partial charge in [-0.05, 0) is 24.6 Å². The highest BCUT2D eigenvalue weighted by Gasteiger charge is 2.36. The summed E-state index contributed by atoms with van der Waals surface area (Å²) in [5.74, 6) is -0.260. The van der Waals surface area contributed by atoms with Gasteiger partial charge in [0.25, 0.3) is 0 Å². The Morgan fingerprint density at radius 1 is 1.18 bits per heavy atom. The van der Waals surface area contributed by atoms with Crippen LogP contribution in [0.3, 0.4) is 0 Å². The number of rotatable bonds is 5. The van der Waals surface area contributed by atoms with E-state index in [2.05, 4.69) is 10.6 Å². The summed E-state index contributed by atoms with van der Waals surface area (Å²) in [6.07, 6.45) is 0. The fraction of sp³-hybridized carbons (Fsp3) is 0.200. The van der Waals surface area contributed by atoms with Gasteiger partial charge in [-0.1, -0.05) is 53.5 Å². The van der Waals surface area contributed by atoms with E-state index in [0.717, 1.165) is 0 Å². The van der Waals surface area contributed by atoms with E-state index in [0.29, 0.717) is 27.6 Å². The lowest BCUT2D eigenvalue weighted by Gasteiger charge is -2.30. The third kappa shape index (κ3) is 3.93. The Labute approximate surface area is 172 Å². The summed E-state index contributed by atoms with van der Waals surface area (Å²) in [5.41, 5.74) is 1.69. The van der Waals surface area contributed by atoms with Gasteiger partial charge in [-0.15, -0.1) is 0 Å². The third-order valence-electron chi connectivity index (χ3n) is 4.18. The maximum Gasteiger partial charge on any atom is 0.338 e. The predicted octanol–water partition coefficient (Wildman–Crippen LogP) is 4.33. The zero-order chi connectivity index (χ0) is 20.3. The Morgan fingerprint density at radius 2 is 1.89 bits per heavy atom. The monoisotopic (exact) mass is 420 g/mol. The van der Waals surface area contributed by atoms with Crippen molar-refractivity contribution >= 4 is 40.9 Å². The third-order valence-corrected chi connectivity index (χ3v) is 4.68. The van der Waals surface area contributed by atoms with Gasteiger partial charge in [-0.25, -0.2) is 9.59 Å². The molecule has 1 atom stereocenters. The molecule has 8 heteroatoms. The number of carbonyl (C=O) groups is 2. The largest absolute Gasteiger partial charge is 0.495 e. The summed E-state index contributed by atoms with van der Waals surface area (Å²) in [7, 11) is 1.45. The van der Waals surface area contributed by atoms with E-state index in [9.17, 15) is 9.59 Å². The highest BCUT2D eigenvalue weighted by atomic mass is 35.5. The normalized spacial score (nSPS) is 16.3. The van der Waals surface area contributed by atoms with Crippen LogP contribution < -0.4 is 15.4 Å². The molecule has 1 aliphatic rings. The number of esters is 1. The summed E-state index contributed by atoms with van der Waals surface area (Å²) in [6, 6.07) is 10.8. The molecule has 3 rings (SSSR count). The summed E-state index contributed by atoms with van der Waals surface area (Å²) >= 11 is 12.4. The molecule has 0 aliphatic carbocycles. The highest BCUT2D eigenvalue weighted by molar-refractivity contribution is 6.35.